The lowest BCUT2D eigenvalue weighted by molar-refractivity contribution is 0.340. The number of aryl methyl sites for hydroxylation is 2. The Hall–Kier alpha value is -3.13. The van der Waals surface area contributed by atoms with Gasteiger partial charge in [0.15, 0.2) is 11.0 Å². The van der Waals surface area contributed by atoms with Crippen molar-refractivity contribution in [3.8, 4) is 22.8 Å². The number of aromatic nitrogens is 6. The van der Waals surface area contributed by atoms with Gasteiger partial charge >= 0.3 is 0 Å². The fourth-order valence-corrected chi connectivity index (χ4v) is 3.94. The van der Waals surface area contributed by atoms with Crippen LogP contribution in [0.5, 0.6) is 5.75 Å². The quantitative estimate of drug-likeness (QED) is 0.431. The van der Waals surface area contributed by atoms with Crippen LogP contribution >= 0.6 is 11.8 Å². The zero-order chi connectivity index (χ0) is 20.2. The van der Waals surface area contributed by atoms with Gasteiger partial charge in [0.1, 0.15) is 17.9 Å². The Morgan fingerprint density at radius 2 is 1.90 bits per heavy atom. The summed E-state index contributed by atoms with van der Waals surface area (Å²) in [6, 6.07) is 16.3. The van der Waals surface area contributed by atoms with Crippen molar-refractivity contribution in [3.05, 3.63) is 66.2 Å². The van der Waals surface area contributed by atoms with E-state index in [9.17, 15) is 0 Å². The predicted octanol–water partition coefficient (Wildman–Crippen LogP) is 4.06. The van der Waals surface area contributed by atoms with Gasteiger partial charge < -0.3 is 4.74 Å². The molecule has 0 N–H and O–H groups in total. The zero-order valence-electron chi connectivity index (χ0n) is 16.6. The van der Waals surface area contributed by atoms with Crippen LogP contribution in [0.4, 0.5) is 0 Å². The highest BCUT2D eigenvalue weighted by atomic mass is 32.2. The maximum absolute atomic E-state index is 5.58. The van der Waals surface area contributed by atoms with Gasteiger partial charge in [-0.05, 0) is 44.2 Å². The van der Waals surface area contributed by atoms with Crippen molar-refractivity contribution in [2.45, 2.75) is 24.8 Å². The summed E-state index contributed by atoms with van der Waals surface area (Å²) in [5, 5.41) is 13.9. The number of hydrogen-bond acceptors (Lipinski definition) is 6. The van der Waals surface area contributed by atoms with Crippen molar-refractivity contribution >= 4 is 11.8 Å². The molecule has 4 aromatic rings. The Morgan fingerprint density at radius 3 is 2.59 bits per heavy atom. The minimum absolute atomic E-state index is 0.638. The molecule has 4 rings (SSSR count). The lowest BCUT2D eigenvalue weighted by Crippen LogP contribution is -2.02. The van der Waals surface area contributed by atoms with E-state index in [1.54, 1.807) is 22.8 Å². The van der Waals surface area contributed by atoms with E-state index in [1.807, 2.05) is 44.3 Å². The highest BCUT2D eigenvalue weighted by Gasteiger charge is 2.17. The van der Waals surface area contributed by atoms with Gasteiger partial charge in [0, 0.05) is 18.3 Å². The molecular weight excluding hydrogens is 384 g/mol. The molecule has 0 aliphatic carbocycles. The summed E-state index contributed by atoms with van der Waals surface area (Å²) in [4.78, 5) is 4.30. The number of rotatable bonds is 7. The van der Waals surface area contributed by atoms with Crippen LogP contribution in [0.1, 0.15) is 18.3 Å². The van der Waals surface area contributed by atoms with E-state index in [4.69, 9.17) is 4.74 Å². The molecule has 0 saturated carbocycles. The van der Waals surface area contributed by atoms with Crippen LogP contribution in [0.25, 0.3) is 17.1 Å². The van der Waals surface area contributed by atoms with E-state index in [-0.39, 0.29) is 0 Å². The molecule has 0 fully saturated rings. The molecular formula is C21H22N6OS. The second kappa shape index (κ2) is 8.48. The summed E-state index contributed by atoms with van der Waals surface area (Å²) >= 11 is 1.58. The summed E-state index contributed by atoms with van der Waals surface area (Å²) in [5.41, 5.74) is 3.18. The Bertz CT molecular complexity index is 1100. The topological polar surface area (TPSA) is 70.7 Å². The summed E-state index contributed by atoms with van der Waals surface area (Å²) in [7, 11) is 1.89. The van der Waals surface area contributed by atoms with Gasteiger partial charge in [-0.25, -0.2) is 4.98 Å². The van der Waals surface area contributed by atoms with Crippen LogP contribution in [-0.2, 0) is 12.8 Å². The number of hydrogen-bond donors (Lipinski definition) is 0. The van der Waals surface area contributed by atoms with E-state index in [2.05, 4.69) is 50.0 Å². The van der Waals surface area contributed by atoms with Crippen molar-refractivity contribution in [1.29, 1.82) is 0 Å². The van der Waals surface area contributed by atoms with Gasteiger partial charge in [-0.3, -0.25) is 9.25 Å². The molecule has 2 heterocycles. The first kappa shape index (κ1) is 19.2. The van der Waals surface area contributed by atoms with Crippen molar-refractivity contribution in [1.82, 2.24) is 29.5 Å². The van der Waals surface area contributed by atoms with Crippen LogP contribution in [0.15, 0.2) is 60.0 Å². The first-order chi connectivity index (χ1) is 14.2. The number of thioether (sulfide) groups is 1. The molecule has 0 spiro atoms. The largest absolute Gasteiger partial charge is 0.494 e. The monoisotopic (exact) mass is 406 g/mol. The Morgan fingerprint density at radius 1 is 1.07 bits per heavy atom. The van der Waals surface area contributed by atoms with Gasteiger partial charge in [0.25, 0.3) is 0 Å². The molecule has 0 radical (unpaired) electrons. The number of ether oxygens (including phenoxy) is 1. The number of benzene rings is 2. The van der Waals surface area contributed by atoms with E-state index in [0.29, 0.717) is 12.4 Å². The molecule has 8 heteroatoms. The third kappa shape index (κ3) is 4.17. The maximum atomic E-state index is 5.58. The Balaban J connectivity index is 1.74. The highest BCUT2D eigenvalue weighted by molar-refractivity contribution is 7.98. The summed E-state index contributed by atoms with van der Waals surface area (Å²) < 4.78 is 9.43. The van der Waals surface area contributed by atoms with Crippen molar-refractivity contribution < 1.29 is 4.74 Å². The van der Waals surface area contributed by atoms with E-state index >= 15 is 0 Å². The summed E-state index contributed by atoms with van der Waals surface area (Å²) in [5.74, 6) is 3.18. The Kier molecular flexibility index (Phi) is 5.62. The predicted molar refractivity (Wildman–Crippen MR) is 113 cm³/mol. The summed E-state index contributed by atoms with van der Waals surface area (Å²) in [6.45, 7) is 4.69. The fraction of sp³-hybridized carbons (Fsp3) is 0.238. The van der Waals surface area contributed by atoms with E-state index < -0.39 is 0 Å². The molecule has 148 valence electrons. The molecule has 0 bridgehead atoms. The minimum atomic E-state index is 0.638. The SMILES string of the molecule is CCOc1ccc(-n2c(SCc3ncnn3C)nnc2-c2cccc(C)c2)cc1. The molecule has 29 heavy (non-hydrogen) atoms. The third-order valence-electron chi connectivity index (χ3n) is 4.45. The average molecular weight is 407 g/mol. The first-order valence-corrected chi connectivity index (χ1v) is 10.4. The van der Waals surface area contributed by atoms with Crippen LogP contribution in [-0.4, -0.2) is 36.1 Å². The zero-order valence-corrected chi connectivity index (χ0v) is 17.4. The van der Waals surface area contributed by atoms with Gasteiger partial charge in [0.2, 0.25) is 0 Å². The molecule has 0 aliphatic rings. The molecule has 0 amide bonds. The van der Waals surface area contributed by atoms with Crippen LogP contribution in [0, 0.1) is 6.92 Å². The number of nitrogens with zero attached hydrogens (tertiary/aromatic N) is 6. The summed E-state index contributed by atoms with van der Waals surface area (Å²) in [6.07, 6.45) is 1.56. The molecule has 0 aliphatic heterocycles. The first-order valence-electron chi connectivity index (χ1n) is 9.37. The lowest BCUT2D eigenvalue weighted by Gasteiger charge is -2.12. The third-order valence-corrected chi connectivity index (χ3v) is 5.38. The molecule has 0 saturated heterocycles. The van der Waals surface area contributed by atoms with E-state index in [0.717, 1.165) is 33.8 Å². The van der Waals surface area contributed by atoms with Gasteiger partial charge in [-0.1, -0.05) is 35.5 Å². The molecule has 0 unspecified atom stereocenters. The van der Waals surface area contributed by atoms with Gasteiger partial charge in [0.05, 0.1) is 12.4 Å². The second-order valence-electron chi connectivity index (χ2n) is 6.53. The van der Waals surface area contributed by atoms with Crippen molar-refractivity contribution in [2.24, 2.45) is 7.05 Å². The maximum Gasteiger partial charge on any atom is 0.196 e. The smallest absolute Gasteiger partial charge is 0.196 e. The van der Waals surface area contributed by atoms with Crippen molar-refractivity contribution in [2.75, 3.05) is 6.61 Å². The van der Waals surface area contributed by atoms with Crippen molar-refractivity contribution in [3.63, 3.8) is 0 Å². The van der Waals surface area contributed by atoms with Gasteiger partial charge in [-0.15, -0.1) is 10.2 Å². The van der Waals surface area contributed by atoms with Crippen LogP contribution < -0.4 is 4.74 Å². The second-order valence-corrected chi connectivity index (χ2v) is 7.47. The fourth-order valence-electron chi connectivity index (χ4n) is 3.01. The minimum Gasteiger partial charge on any atom is -0.494 e. The van der Waals surface area contributed by atoms with E-state index in [1.165, 1.54) is 5.56 Å². The molecule has 2 aromatic heterocycles. The van der Waals surface area contributed by atoms with Crippen LogP contribution in [0.3, 0.4) is 0 Å². The highest BCUT2D eigenvalue weighted by Crippen LogP contribution is 2.30. The van der Waals surface area contributed by atoms with Gasteiger partial charge in [-0.2, -0.15) is 5.10 Å². The molecule has 0 atom stereocenters. The molecule has 7 nitrogen and oxygen atoms in total. The molecule has 2 aromatic carbocycles. The normalized spacial score (nSPS) is 11.0. The standard InChI is InChI=1S/C21H22N6OS/c1-4-28-18-10-8-17(9-11-18)27-20(16-7-5-6-15(2)12-16)24-25-21(27)29-13-19-22-14-23-26(19)3/h5-12,14H,4,13H2,1-3H3. The Labute approximate surface area is 173 Å². The lowest BCUT2D eigenvalue weighted by atomic mass is 10.1. The average Bonchev–Trinajstić information content (AvgIpc) is 3.33. The van der Waals surface area contributed by atoms with Crippen LogP contribution in [0.2, 0.25) is 0 Å².